The molecule has 0 bridgehead atoms. The monoisotopic (exact) mass is 319 g/mol. The van der Waals surface area contributed by atoms with Crippen molar-refractivity contribution >= 4 is 6.09 Å². The van der Waals surface area contributed by atoms with Gasteiger partial charge in [0.1, 0.15) is 12.2 Å². The Balaban J connectivity index is 1.99. The molecule has 23 heavy (non-hydrogen) atoms. The number of rotatable bonds is 3. The quantitative estimate of drug-likeness (QED) is 0.928. The van der Waals surface area contributed by atoms with Crippen LogP contribution in [0.4, 0.5) is 4.79 Å². The number of ether oxygens (including phenoxy) is 3. The number of primary amides is 1. The van der Waals surface area contributed by atoms with Crippen molar-refractivity contribution in [2.75, 3.05) is 6.61 Å². The summed E-state index contributed by atoms with van der Waals surface area (Å²) in [7, 11) is 0. The second-order valence-corrected chi connectivity index (χ2v) is 7.55. The van der Waals surface area contributed by atoms with Gasteiger partial charge in [-0.05, 0) is 40.5 Å². The van der Waals surface area contributed by atoms with E-state index in [1.165, 1.54) is 16.7 Å². The van der Waals surface area contributed by atoms with E-state index in [-0.39, 0.29) is 11.5 Å². The molecule has 0 spiro atoms. The zero-order chi connectivity index (χ0) is 16.6. The average Bonchev–Trinajstić information content (AvgIpc) is 2.92. The summed E-state index contributed by atoms with van der Waals surface area (Å²) >= 11 is 0. The Morgan fingerprint density at radius 2 is 2.09 bits per heavy atom. The lowest BCUT2D eigenvalue weighted by Crippen LogP contribution is -2.36. The number of nitrogens with two attached hydrogens (primary N) is 1. The van der Waals surface area contributed by atoms with Crippen LogP contribution < -0.4 is 5.73 Å². The number of hydrogen-bond acceptors (Lipinski definition) is 4. The molecule has 0 saturated carbocycles. The molecule has 0 radical (unpaired) electrons. The Morgan fingerprint density at radius 3 is 2.78 bits per heavy atom. The van der Waals surface area contributed by atoms with Gasteiger partial charge in [-0.25, -0.2) is 4.79 Å². The van der Waals surface area contributed by atoms with Crippen LogP contribution in [0.5, 0.6) is 0 Å². The fourth-order valence-electron chi connectivity index (χ4n) is 3.54. The largest absolute Gasteiger partial charge is 0.443 e. The maximum atomic E-state index is 11.4. The number of carbonyl (C=O) groups excluding carboxylic acids is 1. The summed E-state index contributed by atoms with van der Waals surface area (Å²) in [6, 6.07) is 4.29. The van der Waals surface area contributed by atoms with E-state index in [0.717, 1.165) is 12.0 Å². The summed E-state index contributed by atoms with van der Waals surface area (Å²) in [5, 5.41) is 0. The second kappa shape index (κ2) is 6.13. The molecular formula is C18H25NO4. The van der Waals surface area contributed by atoms with Gasteiger partial charge >= 0.3 is 6.09 Å². The van der Waals surface area contributed by atoms with Gasteiger partial charge in [-0.15, -0.1) is 0 Å². The Morgan fingerprint density at radius 1 is 1.35 bits per heavy atom. The zero-order valence-corrected chi connectivity index (χ0v) is 14.1. The summed E-state index contributed by atoms with van der Waals surface area (Å²) < 4.78 is 17.1. The van der Waals surface area contributed by atoms with Crippen LogP contribution in [-0.2, 0) is 33.8 Å². The van der Waals surface area contributed by atoms with Crippen LogP contribution in [-0.4, -0.2) is 18.8 Å². The van der Waals surface area contributed by atoms with Crippen molar-refractivity contribution in [1.82, 2.24) is 0 Å². The number of amides is 1. The number of hydrogen-bond donors (Lipinski definition) is 1. The van der Waals surface area contributed by atoms with Gasteiger partial charge in [-0.3, -0.25) is 0 Å². The summed E-state index contributed by atoms with van der Waals surface area (Å²) in [5.41, 5.74) is 10.1. The van der Waals surface area contributed by atoms with Gasteiger partial charge in [0.2, 0.25) is 0 Å². The molecule has 1 amide bonds. The third kappa shape index (κ3) is 3.51. The highest BCUT2D eigenvalue weighted by atomic mass is 16.6. The van der Waals surface area contributed by atoms with Crippen LogP contribution >= 0.6 is 0 Å². The Bertz CT molecular complexity index is 606. The van der Waals surface area contributed by atoms with Crippen molar-refractivity contribution in [3.63, 3.8) is 0 Å². The van der Waals surface area contributed by atoms with E-state index in [0.29, 0.717) is 26.2 Å². The first kappa shape index (κ1) is 16.3. The van der Waals surface area contributed by atoms with E-state index >= 15 is 0 Å². The van der Waals surface area contributed by atoms with Crippen LogP contribution in [0.3, 0.4) is 0 Å². The summed E-state index contributed by atoms with van der Waals surface area (Å²) in [5.74, 6) is 0. The topological polar surface area (TPSA) is 70.8 Å². The first-order valence-corrected chi connectivity index (χ1v) is 8.14. The van der Waals surface area contributed by atoms with Gasteiger partial charge in [-0.2, -0.15) is 0 Å². The Labute approximate surface area is 137 Å². The van der Waals surface area contributed by atoms with Crippen LogP contribution in [0.15, 0.2) is 12.1 Å². The SMILES string of the molecule is CC(C)(C)CC(OC(N)=O)C1OCCc2ccc3c(c21)COC3. The average molecular weight is 319 g/mol. The molecule has 2 aliphatic rings. The minimum Gasteiger partial charge on any atom is -0.443 e. The van der Waals surface area contributed by atoms with Crippen LogP contribution in [0, 0.1) is 5.41 Å². The molecule has 0 aromatic heterocycles. The molecule has 2 atom stereocenters. The maximum absolute atomic E-state index is 11.4. The zero-order valence-electron chi connectivity index (χ0n) is 14.1. The number of carbonyl (C=O) groups is 1. The number of benzene rings is 1. The van der Waals surface area contributed by atoms with E-state index in [2.05, 4.69) is 32.9 Å². The van der Waals surface area contributed by atoms with Crippen molar-refractivity contribution in [3.05, 3.63) is 34.4 Å². The van der Waals surface area contributed by atoms with Crippen molar-refractivity contribution in [3.8, 4) is 0 Å². The molecule has 3 rings (SSSR count). The summed E-state index contributed by atoms with van der Waals surface area (Å²) in [4.78, 5) is 11.4. The van der Waals surface area contributed by atoms with Gasteiger partial charge in [0.15, 0.2) is 0 Å². The first-order chi connectivity index (χ1) is 10.8. The molecule has 1 aromatic carbocycles. The van der Waals surface area contributed by atoms with E-state index in [1.54, 1.807) is 0 Å². The predicted molar refractivity (Wildman–Crippen MR) is 85.9 cm³/mol. The highest BCUT2D eigenvalue weighted by Gasteiger charge is 2.37. The number of fused-ring (bicyclic) bond motifs is 3. The molecular weight excluding hydrogens is 294 g/mol. The van der Waals surface area contributed by atoms with Crippen LogP contribution in [0.2, 0.25) is 0 Å². The van der Waals surface area contributed by atoms with E-state index in [9.17, 15) is 4.79 Å². The second-order valence-electron chi connectivity index (χ2n) is 7.55. The minimum absolute atomic E-state index is 0.00442. The third-order valence-corrected chi connectivity index (χ3v) is 4.42. The van der Waals surface area contributed by atoms with E-state index in [1.807, 2.05) is 0 Å². The first-order valence-electron chi connectivity index (χ1n) is 8.14. The standard InChI is InChI=1S/C18H25NO4/c1-18(2,3)8-14(23-17(19)20)16-15-11(6-7-22-16)4-5-12-9-21-10-13(12)15/h4-5,14,16H,6-10H2,1-3H3,(H2,19,20). The van der Waals surface area contributed by atoms with Crippen molar-refractivity contribution in [1.29, 1.82) is 0 Å². The van der Waals surface area contributed by atoms with E-state index in [4.69, 9.17) is 19.9 Å². The predicted octanol–water partition coefficient (Wildman–Crippen LogP) is 3.23. The Hall–Kier alpha value is -1.59. The van der Waals surface area contributed by atoms with Crippen LogP contribution in [0.25, 0.3) is 0 Å². The van der Waals surface area contributed by atoms with Crippen molar-refractivity contribution in [2.24, 2.45) is 11.1 Å². The molecule has 0 saturated heterocycles. The van der Waals surface area contributed by atoms with Gasteiger partial charge in [-0.1, -0.05) is 32.9 Å². The van der Waals surface area contributed by atoms with Gasteiger partial charge < -0.3 is 19.9 Å². The van der Waals surface area contributed by atoms with Crippen molar-refractivity contribution in [2.45, 2.75) is 59.0 Å². The molecule has 0 fully saturated rings. The van der Waals surface area contributed by atoms with Gasteiger partial charge in [0.25, 0.3) is 0 Å². The fraction of sp³-hybridized carbons (Fsp3) is 0.611. The fourth-order valence-corrected chi connectivity index (χ4v) is 3.54. The lowest BCUT2D eigenvalue weighted by atomic mass is 9.82. The lowest BCUT2D eigenvalue weighted by Gasteiger charge is -2.36. The highest BCUT2D eigenvalue weighted by molar-refractivity contribution is 5.65. The molecule has 5 nitrogen and oxygen atoms in total. The summed E-state index contributed by atoms with van der Waals surface area (Å²) in [6.07, 6.45) is 0.141. The third-order valence-electron chi connectivity index (χ3n) is 4.42. The molecule has 2 heterocycles. The molecule has 2 N–H and O–H groups in total. The molecule has 5 heteroatoms. The molecule has 0 aliphatic carbocycles. The Kier molecular flexibility index (Phi) is 4.34. The van der Waals surface area contributed by atoms with Crippen molar-refractivity contribution < 1.29 is 19.0 Å². The van der Waals surface area contributed by atoms with E-state index < -0.39 is 12.2 Å². The lowest BCUT2D eigenvalue weighted by molar-refractivity contribution is -0.0647. The smallest absolute Gasteiger partial charge is 0.404 e. The summed E-state index contributed by atoms with van der Waals surface area (Å²) in [6.45, 7) is 8.21. The molecule has 2 aliphatic heterocycles. The normalized spacial score (nSPS) is 21.4. The minimum atomic E-state index is -0.751. The van der Waals surface area contributed by atoms with Crippen LogP contribution in [0.1, 0.15) is 55.5 Å². The maximum Gasteiger partial charge on any atom is 0.404 e. The molecule has 1 aromatic rings. The van der Waals surface area contributed by atoms with Gasteiger partial charge in [0.05, 0.1) is 19.8 Å². The highest BCUT2D eigenvalue weighted by Crippen LogP contribution is 2.40. The molecule has 2 unspecified atom stereocenters. The molecule has 126 valence electrons. The van der Waals surface area contributed by atoms with Gasteiger partial charge in [0, 0.05) is 0 Å².